The fraction of sp³-hybridized carbons (Fsp3) is 1.00. The predicted octanol–water partition coefficient (Wildman–Crippen LogP) is -0.300. The Labute approximate surface area is 81.0 Å². The third kappa shape index (κ3) is 9.79. The normalized spacial score (nSPS) is 14.8. The molecule has 0 rings (SSSR count). The Morgan fingerprint density at radius 1 is 1.38 bits per heavy atom. The third-order valence-electron chi connectivity index (χ3n) is 1.69. The Bertz CT molecular complexity index is 224. The van der Waals surface area contributed by atoms with Crippen LogP contribution in [0.3, 0.4) is 0 Å². The van der Waals surface area contributed by atoms with Crippen molar-refractivity contribution in [2.75, 3.05) is 32.6 Å². The minimum Gasteiger partial charge on any atom is -0.327 e. The van der Waals surface area contributed by atoms with Crippen molar-refractivity contribution in [3.05, 3.63) is 0 Å². The molecule has 0 saturated carbocycles. The lowest BCUT2D eigenvalue weighted by Gasteiger charge is -2.16. The Morgan fingerprint density at radius 3 is 2.31 bits per heavy atom. The van der Waals surface area contributed by atoms with E-state index in [4.69, 9.17) is 5.73 Å². The molecule has 1 atom stereocenters. The maximum Gasteiger partial charge on any atom is 0.147 e. The van der Waals surface area contributed by atoms with Gasteiger partial charge in [-0.1, -0.05) is 0 Å². The van der Waals surface area contributed by atoms with Gasteiger partial charge in [-0.15, -0.1) is 0 Å². The number of rotatable bonds is 6. The summed E-state index contributed by atoms with van der Waals surface area (Å²) in [7, 11) is 1.09. The van der Waals surface area contributed by atoms with Crippen molar-refractivity contribution < 1.29 is 8.42 Å². The molecule has 0 spiro atoms. The Morgan fingerprint density at radius 2 is 1.92 bits per heavy atom. The zero-order valence-corrected chi connectivity index (χ0v) is 9.47. The Kier molecular flexibility index (Phi) is 5.51. The van der Waals surface area contributed by atoms with Gasteiger partial charge in [-0.05, 0) is 26.9 Å². The summed E-state index contributed by atoms with van der Waals surface area (Å²) in [5.41, 5.74) is 5.77. The zero-order chi connectivity index (χ0) is 10.5. The second kappa shape index (κ2) is 5.57. The van der Waals surface area contributed by atoms with Crippen LogP contribution in [0.1, 0.15) is 12.8 Å². The van der Waals surface area contributed by atoms with Crippen LogP contribution in [0, 0.1) is 0 Å². The summed E-state index contributed by atoms with van der Waals surface area (Å²) < 4.78 is 21.6. The Balaban J connectivity index is 3.54. The summed E-state index contributed by atoms with van der Waals surface area (Å²) in [6.07, 6.45) is 2.68. The van der Waals surface area contributed by atoms with E-state index in [0.29, 0.717) is 6.42 Å². The highest BCUT2D eigenvalue weighted by atomic mass is 32.2. The topological polar surface area (TPSA) is 63.4 Å². The van der Waals surface area contributed by atoms with Crippen molar-refractivity contribution in [2.24, 2.45) is 5.73 Å². The molecule has 2 N–H and O–H groups in total. The molecule has 5 heteroatoms. The van der Waals surface area contributed by atoms with Crippen LogP contribution in [0.5, 0.6) is 0 Å². The molecule has 0 amide bonds. The molecule has 0 aliphatic rings. The SMILES string of the molecule is CN(C)CC(N)CCCS(C)(=O)=O. The maximum absolute atomic E-state index is 10.8. The van der Waals surface area contributed by atoms with Crippen molar-refractivity contribution >= 4 is 9.84 Å². The average Bonchev–Trinajstić information content (AvgIpc) is 1.81. The first-order valence-corrected chi connectivity index (χ1v) is 6.45. The second-order valence-corrected chi connectivity index (χ2v) is 6.05. The molecular formula is C8H20N2O2S. The minimum atomic E-state index is -2.82. The highest BCUT2D eigenvalue weighted by Crippen LogP contribution is 1.98. The van der Waals surface area contributed by atoms with E-state index in [9.17, 15) is 8.42 Å². The molecule has 0 aliphatic heterocycles. The van der Waals surface area contributed by atoms with Gasteiger partial charge in [0.05, 0.1) is 0 Å². The average molecular weight is 208 g/mol. The first-order valence-electron chi connectivity index (χ1n) is 4.39. The monoisotopic (exact) mass is 208 g/mol. The van der Waals surface area contributed by atoms with Crippen LogP contribution in [-0.4, -0.2) is 52.0 Å². The van der Waals surface area contributed by atoms with E-state index in [1.54, 1.807) is 0 Å². The molecule has 1 unspecified atom stereocenters. The molecule has 0 fully saturated rings. The lowest BCUT2D eigenvalue weighted by molar-refractivity contribution is 0.362. The van der Waals surface area contributed by atoms with Crippen LogP contribution in [0.4, 0.5) is 0 Å². The van der Waals surface area contributed by atoms with Crippen molar-refractivity contribution in [1.82, 2.24) is 4.90 Å². The number of nitrogens with two attached hydrogens (primary N) is 1. The maximum atomic E-state index is 10.8. The second-order valence-electron chi connectivity index (χ2n) is 3.79. The van der Waals surface area contributed by atoms with Crippen LogP contribution in [0.15, 0.2) is 0 Å². The number of hydrogen-bond donors (Lipinski definition) is 1. The number of sulfone groups is 1. The smallest absolute Gasteiger partial charge is 0.147 e. The zero-order valence-electron chi connectivity index (χ0n) is 8.66. The van der Waals surface area contributed by atoms with Crippen LogP contribution in [0.2, 0.25) is 0 Å². The van der Waals surface area contributed by atoms with Crippen molar-refractivity contribution in [2.45, 2.75) is 18.9 Å². The van der Waals surface area contributed by atoms with E-state index < -0.39 is 9.84 Å². The largest absolute Gasteiger partial charge is 0.327 e. The molecule has 0 aliphatic carbocycles. The molecule has 4 nitrogen and oxygen atoms in total. The van der Waals surface area contributed by atoms with Gasteiger partial charge < -0.3 is 10.6 Å². The predicted molar refractivity (Wildman–Crippen MR) is 55.5 cm³/mol. The lowest BCUT2D eigenvalue weighted by atomic mass is 10.2. The molecule has 0 aromatic heterocycles. The highest BCUT2D eigenvalue weighted by Gasteiger charge is 2.06. The molecule has 0 aromatic carbocycles. The quantitative estimate of drug-likeness (QED) is 0.651. The minimum absolute atomic E-state index is 0.0803. The standard InChI is InChI=1S/C8H20N2O2S/c1-10(2)7-8(9)5-4-6-13(3,11)12/h8H,4-7,9H2,1-3H3. The molecule has 13 heavy (non-hydrogen) atoms. The van der Waals surface area contributed by atoms with Gasteiger partial charge in [0.15, 0.2) is 0 Å². The molecular weight excluding hydrogens is 188 g/mol. The summed E-state index contributed by atoms with van der Waals surface area (Å²) in [5.74, 6) is 0.244. The summed E-state index contributed by atoms with van der Waals surface area (Å²) in [6, 6.07) is 0.0803. The first kappa shape index (κ1) is 12.9. The van der Waals surface area contributed by atoms with Crippen LogP contribution in [-0.2, 0) is 9.84 Å². The summed E-state index contributed by atoms with van der Waals surface area (Å²) in [6.45, 7) is 0.809. The van der Waals surface area contributed by atoms with Gasteiger partial charge in [-0.3, -0.25) is 0 Å². The van der Waals surface area contributed by atoms with E-state index in [1.165, 1.54) is 6.26 Å². The molecule has 0 saturated heterocycles. The number of likely N-dealkylation sites (N-methyl/N-ethyl adjacent to an activating group) is 1. The third-order valence-corrected chi connectivity index (χ3v) is 2.72. The number of nitrogens with zero attached hydrogens (tertiary/aromatic N) is 1. The summed E-state index contributed by atoms with van der Waals surface area (Å²) in [4.78, 5) is 2.01. The fourth-order valence-electron chi connectivity index (χ4n) is 1.17. The van der Waals surface area contributed by atoms with Gasteiger partial charge in [0, 0.05) is 24.6 Å². The van der Waals surface area contributed by atoms with E-state index in [1.807, 2.05) is 19.0 Å². The lowest BCUT2D eigenvalue weighted by Crippen LogP contribution is -2.33. The van der Waals surface area contributed by atoms with Gasteiger partial charge in [0.2, 0.25) is 0 Å². The van der Waals surface area contributed by atoms with Gasteiger partial charge >= 0.3 is 0 Å². The van der Waals surface area contributed by atoms with Gasteiger partial charge in [0.1, 0.15) is 9.84 Å². The van der Waals surface area contributed by atoms with Gasteiger partial charge in [-0.2, -0.15) is 0 Å². The molecule has 80 valence electrons. The van der Waals surface area contributed by atoms with Crippen molar-refractivity contribution in [3.63, 3.8) is 0 Å². The molecule has 0 aromatic rings. The van der Waals surface area contributed by atoms with Crippen LogP contribution < -0.4 is 5.73 Å². The van der Waals surface area contributed by atoms with Crippen molar-refractivity contribution in [3.8, 4) is 0 Å². The highest BCUT2D eigenvalue weighted by molar-refractivity contribution is 7.90. The van der Waals surface area contributed by atoms with E-state index in [2.05, 4.69) is 0 Å². The first-order chi connectivity index (χ1) is 5.81. The van der Waals surface area contributed by atoms with Crippen LogP contribution >= 0.6 is 0 Å². The fourth-order valence-corrected chi connectivity index (χ4v) is 1.86. The van der Waals surface area contributed by atoms with Gasteiger partial charge in [0.25, 0.3) is 0 Å². The molecule has 0 bridgehead atoms. The van der Waals surface area contributed by atoms with Crippen LogP contribution in [0.25, 0.3) is 0 Å². The van der Waals surface area contributed by atoms with Crippen molar-refractivity contribution in [1.29, 1.82) is 0 Å². The molecule has 0 radical (unpaired) electrons. The van der Waals surface area contributed by atoms with E-state index >= 15 is 0 Å². The molecule has 0 heterocycles. The Hall–Kier alpha value is -0.130. The number of hydrogen-bond acceptors (Lipinski definition) is 4. The van der Waals surface area contributed by atoms with E-state index in [0.717, 1.165) is 13.0 Å². The van der Waals surface area contributed by atoms with Gasteiger partial charge in [-0.25, -0.2) is 8.42 Å². The summed E-state index contributed by atoms with van der Waals surface area (Å²) >= 11 is 0. The van der Waals surface area contributed by atoms with E-state index in [-0.39, 0.29) is 11.8 Å². The summed E-state index contributed by atoms with van der Waals surface area (Å²) in [5, 5.41) is 0.